The summed E-state index contributed by atoms with van der Waals surface area (Å²) in [5.41, 5.74) is -0.752. The fourth-order valence-corrected chi connectivity index (χ4v) is 2.97. The number of hydrogen-bond acceptors (Lipinski definition) is 10. The number of aromatic nitrogens is 4. The second kappa shape index (κ2) is 5.20. The highest BCUT2D eigenvalue weighted by Gasteiger charge is 2.44. The van der Waals surface area contributed by atoms with Gasteiger partial charge in [-0.25, -0.2) is 9.55 Å². The van der Waals surface area contributed by atoms with Crippen LogP contribution in [0.3, 0.4) is 0 Å². The van der Waals surface area contributed by atoms with E-state index in [1.165, 1.54) is 10.9 Å². The minimum atomic E-state index is -1.50. The molecule has 2 aromatic heterocycles. The van der Waals surface area contributed by atoms with E-state index in [9.17, 15) is 25.2 Å². The Hall–Kier alpha value is -2.09. The smallest absolute Gasteiger partial charge is 0.285 e. The van der Waals surface area contributed by atoms with Gasteiger partial charge in [-0.15, -0.1) is 0 Å². The molecule has 4 rings (SSSR count). The van der Waals surface area contributed by atoms with E-state index in [0.717, 1.165) is 4.57 Å². The molecule has 1 fully saturated rings. The van der Waals surface area contributed by atoms with Gasteiger partial charge in [-0.1, -0.05) is 0 Å². The molecular formula is C12H15N5O7. The number of aliphatic hydroxyl groups is 5. The second-order valence-electron chi connectivity index (χ2n) is 5.67. The molecule has 0 amide bonds. The molecule has 24 heavy (non-hydrogen) atoms. The number of aliphatic hydroxyl groups excluding tert-OH is 5. The van der Waals surface area contributed by atoms with Crippen molar-refractivity contribution in [1.29, 1.82) is 0 Å². The van der Waals surface area contributed by atoms with Crippen molar-refractivity contribution in [3.63, 3.8) is 0 Å². The van der Waals surface area contributed by atoms with Crippen LogP contribution in [-0.2, 0) is 4.74 Å². The second-order valence-corrected chi connectivity index (χ2v) is 5.67. The average Bonchev–Trinajstić information content (AvgIpc) is 3.18. The monoisotopic (exact) mass is 341 g/mol. The van der Waals surface area contributed by atoms with Crippen LogP contribution in [0.15, 0.2) is 11.1 Å². The van der Waals surface area contributed by atoms with Crippen molar-refractivity contribution in [1.82, 2.24) is 19.1 Å². The van der Waals surface area contributed by atoms with Crippen molar-refractivity contribution in [3.05, 3.63) is 16.7 Å². The Morgan fingerprint density at radius 2 is 2.00 bits per heavy atom. The zero-order valence-corrected chi connectivity index (χ0v) is 12.1. The zero-order chi connectivity index (χ0) is 17.2. The quantitative estimate of drug-likeness (QED) is 0.320. The maximum atomic E-state index is 12.4. The lowest BCUT2D eigenvalue weighted by molar-refractivity contribution is -0.0511. The van der Waals surface area contributed by atoms with Crippen LogP contribution < -0.4 is 10.9 Å². The van der Waals surface area contributed by atoms with Crippen molar-refractivity contribution < 1.29 is 30.3 Å². The topological polar surface area (TPSA) is 175 Å². The van der Waals surface area contributed by atoms with Gasteiger partial charge in [0.1, 0.15) is 18.3 Å². The zero-order valence-electron chi connectivity index (χ0n) is 12.1. The number of anilines is 1. The van der Waals surface area contributed by atoms with Gasteiger partial charge in [0.05, 0.1) is 12.9 Å². The van der Waals surface area contributed by atoms with Crippen molar-refractivity contribution >= 4 is 17.1 Å². The first-order chi connectivity index (χ1) is 11.4. The first kappa shape index (κ1) is 15.4. The number of hydrogen-bond donors (Lipinski definition) is 6. The van der Waals surface area contributed by atoms with Crippen LogP contribution in [0.2, 0.25) is 0 Å². The highest BCUT2D eigenvalue weighted by atomic mass is 16.6. The molecule has 0 bridgehead atoms. The number of ether oxygens (including phenoxy) is 1. The Balaban J connectivity index is 1.84. The van der Waals surface area contributed by atoms with E-state index in [-0.39, 0.29) is 17.1 Å². The third kappa shape index (κ3) is 1.92. The maximum Gasteiger partial charge on any atom is 0.285 e. The summed E-state index contributed by atoms with van der Waals surface area (Å²) < 4.78 is 7.51. The summed E-state index contributed by atoms with van der Waals surface area (Å²) in [7, 11) is 0. The Kier molecular flexibility index (Phi) is 3.35. The molecule has 0 saturated carbocycles. The van der Waals surface area contributed by atoms with Gasteiger partial charge in [-0.2, -0.15) is 4.98 Å². The van der Waals surface area contributed by atoms with E-state index >= 15 is 0 Å². The van der Waals surface area contributed by atoms with Crippen LogP contribution in [0.1, 0.15) is 12.5 Å². The van der Waals surface area contributed by atoms with E-state index < -0.39 is 49.2 Å². The number of fused-ring (bicyclic) bond motifs is 2. The summed E-state index contributed by atoms with van der Waals surface area (Å²) in [5.74, 6) is -0.0685. The molecule has 2 aromatic rings. The predicted molar refractivity (Wildman–Crippen MR) is 75.7 cm³/mol. The Bertz CT molecular complexity index is 850. The van der Waals surface area contributed by atoms with Crippen LogP contribution in [0.25, 0.3) is 11.2 Å². The fraction of sp³-hybridized carbons (Fsp3) is 0.583. The van der Waals surface area contributed by atoms with Gasteiger partial charge in [-0.3, -0.25) is 9.36 Å². The lowest BCUT2D eigenvalue weighted by Gasteiger charge is -2.16. The number of nitrogens with zero attached hydrogens (tertiary/aromatic N) is 4. The molecule has 2 aliphatic rings. The van der Waals surface area contributed by atoms with Crippen molar-refractivity contribution in [2.75, 3.05) is 11.9 Å². The molecule has 130 valence electrons. The number of nitrogens with one attached hydrogen (secondary N) is 1. The molecule has 12 nitrogen and oxygen atoms in total. The van der Waals surface area contributed by atoms with Gasteiger partial charge in [0.15, 0.2) is 29.8 Å². The minimum Gasteiger partial charge on any atom is -0.394 e. The Morgan fingerprint density at radius 3 is 2.67 bits per heavy atom. The summed E-state index contributed by atoms with van der Waals surface area (Å²) in [6.07, 6.45) is -6.44. The maximum absolute atomic E-state index is 12.4. The molecule has 2 aliphatic heterocycles. The van der Waals surface area contributed by atoms with Crippen molar-refractivity contribution in [2.45, 2.75) is 37.0 Å². The summed E-state index contributed by atoms with van der Waals surface area (Å²) >= 11 is 0. The largest absolute Gasteiger partial charge is 0.394 e. The Morgan fingerprint density at radius 1 is 1.25 bits per heavy atom. The SMILES string of the molecule is O=c1c2ncn([C@@H]3OC(CO)[C@@H](O)[C@H]3O)c2nc2n1C(O)C(O)N2. The van der Waals surface area contributed by atoms with Gasteiger partial charge in [0, 0.05) is 0 Å². The lowest BCUT2D eigenvalue weighted by Crippen LogP contribution is -2.33. The van der Waals surface area contributed by atoms with Gasteiger partial charge < -0.3 is 35.6 Å². The highest BCUT2D eigenvalue weighted by molar-refractivity contribution is 5.71. The minimum absolute atomic E-state index is 0.0369. The Labute approximate surface area is 133 Å². The van der Waals surface area contributed by atoms with E-state index in [1.54, 1.807) is 0 Å². The standard InChI is InChI=1S/C12H15N5O7/c18-1-3-5(19)6(20)11(24-3)16-2-13-4-7(16)14-12-15-8(21)10(23)17(12)9(4)22/h2-3,5-6,8,10-11,18-21,23H,1H2,(H,14,15)/t3?,5-,6-,8?,10?,11-/m1/s1. The molecule has 0 aliphatic carbocycles. The van der Waals surface area contributed by atoms with Crippen LogP contribution in [0, 0.1) is 0 Å². The number of rotatable bonds is 2. The normalized spacial score (nSPS) is 35.4. The van der Waals surface area contributed by atoms with Crippen LogP contribution in [0.4, 0.5) is 5.95 Å². The van der Waals surface area contributed by atoms with Gasteiger partial charge in [-0.05, 0) is 0 Å². The molecule has 4 heterocycles. The van der Waals surface area contributed by atoms with Crippen molar-refractivity contribution in [3.8, 4) is 0 Å². The summed E-state index contributed by atoms with van der Waals surface area (Å²) in [6, 6.07) is 0. The van der Waals surface area contributed by atoms with Crippen LogP contribution in [-0.4, -0.2) is 75.8 Å². The summed E-state index contributed by atoms with van der Waals surface area (Å²) in [4.78, 5) is 20.5. The van der Waals surface area contributed by atoms with E-state index in [0.29, 0.717) is 0 Å². The van der Waals surface area contributed by atoms with E-state index in [1.807, 2.05) is 0 Å². The summed E-state index contributed by atoms with van der Waals surface area (Å²) in [6.45, 7) is -0.493. The molecular weight excluding hydrogens is 326 g/mol. The van der Waals surface area contributed by atoms with Gasteiger partial charge >= 0.3 is 0 Å². The predicted octanol–water partition coefficient (Wildman–Crippen LogP) is -3.56. The van der Waals surface area contributed by atoms with E-state index in [4.69, 9.17) is 9.84 Å². The molecule has 3 unspecified atom stereocenters. The van der Waals surface area contributed by atoms with E-state index in [2.05, 4.69) is 15.3 Å². The molecule has 0 aromatic carbocycles. The molecule has 1 saturated heterocycles. The first-order valence-electron chi connectivity index (χ1n) is 7.18. The third-order valence-corrected chi connectivity index (χ3v) is 4.24. The molecule has 0 radical (unpaired) electrons. The third-order valence-electron chi connectivity index (χ3n) is 4.24. The molecule has 6 N–H and O–H groups in total. The highest BCUT2D eigenvalue weighted by Crippen LogP contribution is 2.31. The van der Waals surface area contributed by atoms with Crippen LogP contribution >= 0.6 is 0 Å². The molecule has 12 heteroatoms. The van der Waals surface area contributed by atoms with Gasteiger partial charge in [0.25, 0.3) is 5.56 Å². The lowest BCUT2D eigenvalue weighted by atomic mass is 10.1. The first-order valence-corrected chi connectivity index (χ1v) is 7.18. The van der Waals surface area contributed by atoms with Crippen LogP contribution in [0.5, 0.6) is 0 Å². The number of imidazole rings is 1. The summed E-state index contributed by atoms with van der Waals surface area (Å²) in [5, 5.41) is 50.9. The molecule has 0 spiro atoms. The average molecular weight is 341 g/mol. The fourth-order valence-electron chi connectivity index (χ4n) is 2.97. The van der Waals surface area contributed by atoms with Gasteiger partial charge in [0.2, 0.25) is 5.95 Å². The van der Waals surface area contributed by atoms with Crippen molar-refractivity contribution in [2.24, 2.45) is 0 Å². The molecule has 6 atom stereocenters.